The summed E-state index contributed by atoms with van der Waals surface area (Å²) in [5, 5.41) is 12.0. The maximum atomic E-state index is 5.69. The van der Waals surface area contributed by atoms with E-state index in [0.29, 0.717) is 35.9 Å². The Balaban J connectivity index is 1.43. The second-order valence-corrected chi connectivity index (χ2v) is 8.09. The topological polar surface area (TPSA) is 111 Å². The van der Waals surface area contributed by atoms with Gasteiger partial charge in [0, 0.05) is 30.7 Å². The van der Waals surface area contributed by atoms with Crippen molar-refractivity contribution in [2.45, 2.75) is 58.8 Å². The van der Waals surface area contributed by atoms with Crippen molar-refractivity contribution in [3.8, 4) is 0 Å². The second-order valence-electron chi connectivity index (χ2n) is 8.09. The van der Waals surface area contributed by atoms with Crippen LogP contribution in [0.4, 0.5) is 0 Å². The predicted octanol–water partition coefficient (Wildman–Crippen LogP) is 2.99. The summed E-state index contributed by atoms with van der Waals surface area (Å²) in [7, 11) is 0. The van der Waals surface area contributed by atoms with Crippen molar-refractivity contribution in [2.75, 3.05) is 0 Å². The zero-order chi connectivity index (χ0) is 19.8. The molecule has 148 valence electrons. The molecule has 4 atom stereocenters. The number of allylic oxidation sites excluding steroid dienone is 2. The smallest absolute Gasteiger partial charge is 0.195 e. The second kappa shape index (κ2) is 7.33. The largest absolute Gasteiger partial charge is 0.403 e. The first-order valence-corrected chi connectivity index (χ1v) is 9.94. The number of aromatic amines is 1. The molecule has 3 N–H and O–H groups in total. The van der Waals surface area contributed by atoms with Crippen molar-refractivity contribution in [1.82, 2.24) is 29.9 Å². The first-order valence-electron chi connectivity index (χ1n) is 9.94. The fraction of sp³-hybridized carbons (Fsp3) is 0.550. The third kappa shape index (κ3) is 3.76. The lowest BCUT2D eigenvalue weighted by Crippen LogP contribution is -2.04. The Labute approximate surface area is 165 Å². The van der Waals surface area contributed by atoms with E-state index >= 15 is 0 Å². The minimum Gasteiger partial charge on any atom is -0.403 e. The minimum atomic E-state index is 0.476. The third-order valence-corrected chi connectivity index (χ3v) is 5.67. The third-order valence-electron chi connectivity index (χ3n) is 5.67. The van der Waals surface area contributed by atoms with Gasteiger partial charge in [0.15, 0.2) is 11.6 Å². The molecule has 2 saturated carbocycles. The molecule has 8 heteroatoms. The molecule has 0 radical (unpaired) electrons. The van der Waals surface area contributed by atoms with Crippen molar-refractivity contribution in [3.05, 3.63) is 41.8 Å². The fourth-order valence-corrected chi connectivity index (χ4v) is 3.37. The van der Waals surface area contributed by atoms with Gasteiger partial charge in [-0.15, -0.1) is 0 Å². The Hall–Kier alpha value is -2.77. The molecule has 2 aliphatic carbocycles. The van der Waals surface area contributed by atoms with Gasteiger partial charge in [0.25, 0.3) is 0 Å². The van der Waals surface area contributed by atoms with Gasteiger partial charge in [0.2, 0.25) is 0 Å². The normalized spacial score (nSPS) is 27.6. The van der Waals surface area contributed by atoms with Gasteiger partial charge in [-0.05, 0) is 38.5 Å². The highest BCUT2D eigenvalue weighted by Gasteiger charge is 2.38. The van der Waals surface area contributed by atoms with E-state index in [1.54, 1.807) is 12.4 Å². The summed E-state index contributed by atoms with van der Waals surface area (Å²) in [6, 6.07) is 0. The Morgan fingerprint density at radius 2 is 1.93 bits per heavy atom. The van der Waals surface area contributed by atoms with E-state index in [4.69, 9.17) is 10.7 Å². The van der Waals surface area contributed by atoms with E-state index in [9.17, 15) is 0 Å². The number of hydrogen-bond donors (Lipinski definition) is 2. The molecular weight excluding hydrogens is 352 g/mol. The summed E-state index contributed by atoms with van der Waals surface area (Å²) in [6.45, 7) is 8.31. The van der Waals surface area contributed by atoms with Crippen LogP contribution in [0.1, 0.15) is 75.7 Å². The molecule has 4 unspecified atom stereocenters. The van der Waals surface area contributed by atoms with Gasteiger partial charge in [0.05, 0.1) is 11.4 Å². The highest BCUT2D eigenvalue weighted by Crippen LogP contribution is 2.46. The van der Waals surface area contributed by atoms with Gasteiger partial charge in [-0.25, -0.2) is 14.6 Å². The molecule has 28 heavy (non-hydrogen) atoms. The van der Waals surface area contributed by atoms with Crippen molar-refractivity contribution >= 4 is 11.4 Å². The maximum absolute atomic E-state index is 5.69. The van der Waals surface area contributed by atoms with Gasteiger partial charge < -0.3 is 5.73 Å². The van der Waals surface area contributed by atoms with Crippen LogP contribution >= 0.6 is 0 Å². The molecule has 2 heterocycles. The minimum absolute atomic E-state index is 0.476. The first kappa shape index (κ1) is 18.6. The van der Waals surface area contributed by atoms with Gasteiger partial charge >= 0.3 is 0 Å². The van der Waals surface area contributed by atoms with Crippen LogP contribution in [-0.2, 0) is 6.42 Å². The predicted molar refractivity (Wildman–Crippen MR) is 109 cm³/mol. The van der Waals surface area contributed by atoms with Crippen molar-refractivity contribution < 1.29 is 0 Å². The van der Waals surface area contributed by atoms with Gasteiger partial charge in [-0.2, -0.15) is 10.2 Å². The van der Waals surface area contributed by atoms with Gasteiger partial charge in [-0.3, -0.25) is 10.1 Å². The molecule has 0 spiro atoms. The summed E-state index contributed by atoms with van der Waals surface area (Å²) in [5.41, 5.74) is 7.35. The lowest BCUT2D eigenvalue weighted by molar-refractivity contribution is 0.795. The molecule has 0 aliphatic heterocycles. The molecule has 2 aliphatic rings. The average Bonchev–Trinajstić information content (AvgIpc) is 3.46. The van der Waals surface area contributed by atoms with Crippen LogP contribution in [0.25, 0.3) is 5.70 Å². The molecule has 4 rings (SSSR count). The Bertz CT molecular complexity index is 947. The standard InChI is InChI=1S/C20H28N8/c1-11-8-15(11)19-24-18(25-26-19)14(4)22-7-5-6-17-23-20(16-9-12(16)2)27-28(17)13(3)10-21/h5,7,10-12,15-16H,6,8-9,21H2,1-4H3,(H,24,25,26)/b7-5+,13-10-,22-14?. The Kier molecular flexibility index (Phi) is 4.87. The number of nitrogens with one attached hydrogen (secondary N) is 1. The lowest BCUT2D eigenvalue weighted by Gasteiger charge is -2.02. The lowest BCUT2D eigenvalue weighted by atomic mass is 10.3. The molecule has 2 aromatic heterocycles. The zero-order valence-electron chi connectivity index (χ0n) is 16.9. The average molecular weight is 381 g/mol. The quantitative estimate of drug-likeness (QED) is 0.717. The van der Waals surface area contributed by atoms with Crippen LogP contribution in [0.2, 0.25) is 0 Å². The molecule has 0 amide bonds. The fourth-order valence-electron chi connectivity index (χ4n) is 3.37. The molecule has 0 aromatic carbocycles. The highest BCUT2D eigenvalue weighted by atomic mass is 15.4. The maximum Gasteiger partial charge on any atom is 0.195 e. The molecule has 0 saturated heterocycles. The van der Waals surface area contributed by atoms with Gasteiger partial charge in [-0.1, -0.05) is 19.9 Å². The number of nitrogens with two attached hydrogens (primary N) is 1. The van der Waals surface area contributed by atoms with Crippen LogP contribution in [-0.4, -0.2) is 35.7 Å². The number of H-pyrrole nitrogens is 1. The van der Waals surface area contributed by atoms with Crippen LogP contribution in [0.3, 0.4) is 0 Å². The number of hydrogen-bond acceptors (Lipinski definition) is 6. The SMILES string of the molecule is CC(=N/C=C/Cc1nc(C2CC2C)nn1/C(C)=C\N)c1n[nH]c(C2CC2C)n1. The van der Waals surface area contributed by atoms with Crippen molar-refractivity contribution in [1.29, 1.82) is 0 Å². The van der Waals surface area contributed by atoms with E-state index in [1.165, 1.54) is 6.42 Å². The molecule has 2 aromatic rings. The summed E-state index contributed by atoms with van der Waals surface area (Å²) in [5.74, 6) is 5.79. The summed E-state index contributed by atoms with van der Waals surface area (Å²) < 4.78 is 1.83. The van der Waals surface area contributed by atoms with Crippen molar-refractivity contribution in [3.63, 3.8) is 0 Å². The molecule has 8 nitrogen and oxygen atoms in total. The van der Waals surface area contributed by atoms with Crippen LogP contribution in [0, 0.1) is 11.8 Å². The van der Waals surface area contributed by atoms with E-state index in [0.717, 1.165) is 35.3 Å². The number of aliphatic imine (C=N–C) groups is 1. The Morgan fingerprint density at radius 1 is 1.21 bits per heavy atom. The zero-order valence-corrected chi connectivity index (χ0v) is 16.9. The Morgan fingerprint density at radius 3 is 2.57 bits per heavy atom. The van der Waals surface area contributed by atoms with E-state index in [-0.39, 0.29) is 0 Å². The number of rotatable bonds is 7. The van der Waals surface area contributed by atoms with E-state index < -0.39 is 0 Å². The molecule has 0 bridgehead atoms. The highest BCUT2D eigenvalue weighted by molar-refractivity contribution is 5.95. The first-order chi connectivity index (χ1) is 13.5. The number of aromatic nitrogens is 6. The summed E-state index contributed by atoms with van der Waals surface area (Å²) in [6.07, 6.45) is 8.30. The van der Waals surface area contributed by atoms with Crippen LogP contribution < -0.4 is 5.73 Å². The van der Waals surface area contributed by atoms with Crippen LogP contribution in [0.15, 0.2) is 23.5 Å². The van der Waals surface area contributed by atoms with E-state index in [1.807, 2.05) is 24.6 Å². The molecule has 2 fully saturated rings. The summed E-state index contributed by atoms with van der Waals surface area (Å²) >= 11 is 0. The number of nitrogens with zero attached hydrogens (tertiary/aromatic N) is 6. The molecular formula is C20H28N8. The van der Waals surface area contributed by atoms with Crippen molar-refractivity contribution in [2.24, 2.45) is 22.6 Å². The van der Waals surface area contributed by atoms with Gasteiger partial charge in [0.1, 0.15) is 11.6 Å². The van der Waals surface area contributed by atoms with E-state index in [2.05, 4.69) is 39.1 Å². The summed E-state index contributed by atoms with van der Waals surface area (Å²) in [4.78, 5) is 13.8. The monoisotopic (exact) mass is 380 g/mol. The van der Waals surface area contributed by atoms with Crippen LogP contribution in [0.5, 0.6) is 0 Å².